The van der Waals surface area contributed by atoms with Gasteiger partial charge in [0.15, 0.2) is 5.11 Å². The molecule has 178 valence electrons. The number of halogens is 1. The molecule has 1 heterocycles. The first-order valence-corrected chi connectivity index (χ1v) is 11.9. The van der Waals surface area contributed by atoms with Crippen molar-refractivity contribution in [2.45, 2.75) is 24.3 Å². The first kappa shape index (κ1) is 24.5. The fraction of sp³-hybridized carbons (Fsp3) is 0.333. The van der Waals surface area contributed by atoms with E-state index in [0.717, 1.165) is 6.07 Å². The minimum absolute atomic E-state index is 0.0392. The molecule has 0 fully saturated rings. The minimum atomic E-state index is -4.04. The second-order valence-electron chi connectivity index (χ2n) is 7.11. The molecule has 1 aliphatic rings. The van der Waals surface area contributed by atoms with Crippen molar-refractivity contribution in [3.8, 4) is 17.2 Å². The molecule has 1 amide bonds. The van der Waals surface area contributed by atoms with Crippen molar-refractivity contribution in [3.05, 3.63) is 47.3 Å². The second-order valence-corrected chi connectivity index (χ2v) is 9.16. The summed E-state index contributed by atoms with van der Waals surface area (Å²) in [4.78, 5) is 12.6. The van der Waals surface area contributed by atoms with Gasteiger partial charge in [0.2, 0.25) is 0 Å². The van der Waals surface area contributed by atoms with E-state index in [1.54, 1.807) is 6.92 Å². The minimum Gasteiger partial charge on any atom is -0.496 e. The monoisotopic (exact) mass is 497 g/mol. The number of carbonyl (C=O) groups is 1. The van der Waals surface area contributed by atoms with Crippen LogP contribution in [0.25, 0.3) is 0 Å². The summed E-state index contributed by atoms with van der Waals surface area (Å²) in [6.07, 6.45) is 0.281. The molecule has 0 aliphatic carbocycles. The van der Waals surface area contributed by atoms with Gasteiger partial charge in [-0.1, -0.05) is 0 Å². The van der Waals surface area contributed by atoms with Crippen LogP contribution in [0, 0.1) is 5.82 Å². The normalized spacial score (nSPS) is 15.0. The van der Waals surface area contributed by atoms with E-state index in [1.165, 1.54) is 38.5 Å². The van der Waals surface area contributed by atoms with Gasteiger partial charge in [-0.15, -0.1) is 0 Å². The van der Waals surface area contributed by atoms with Gasteiger partial charge in [0, 0.05) is 12.6 Å². The molecule has 2 aromatic carbocycles. The largest absolute Gasteiger partial charge is 0.496 e. The van der Waals surface area contributed by atoms with Gasteiger partial charge in [-0.05, 0) is 55.4 Å². The van der Waals surface area contributed by atoms with Crippen molar-refractivity contribution in [1.29, 1.82) is 0 Å². The van der Waals surface area contributed by atoms with E-state index in [0.29, 0.717) is 17.9 Å². The zero-order valence-corrected chi connectivity index (χ0v) is 19.9. The number of ether oxygens (including phenoxy) is 3. The molecular formula is C21H24FN3O6S2. The highest BCUT2D eigenvalue weighted by atomic mass is 32.2. The fourth-order valence-electron chi connectivity index (χ4n) is 3.35. The van der Waals surface area contributed by atoms with Crippen LogP contribution in [0.2, 0.25) is 0 Å². The van der Waals surface area contributed by atoms with Crippen LogP contribution in [0.3, 0.4) is 0 Å². The van der Waals surface area contributed by atoms with Gasteiger partial charge in [-0.2, -0.15) is 0 Å². The number of methoxy groups -OCH3 is 2. The lowest BCUT2D eigenvalue weighted by Crippen LogP contribution is -2.43. The van der Waals surface area contributed by atoms with Crippen molar-refractivity contribution >= 4 is 33.3 Å². The lowest BCUT2D eigenvalue weighted by Gasteiger charge is -2.27. The zero-order valence-electron chi connectivity index (χ0n) is 18.2. The second kappa shape index (κ2) is 10.2. The highest BCUT2D eigenvalue weighted by molar-refractivity contribution is 7.92. The Hall–Kier alpha value is -3.12. The number of hydrogen-bond acceptors (Lipinski definition) is 7. The summed E-state index contributed by atoms with van der Waals surface area (Å²) in [5.41, 5.74) is 0.593. The topological polar surface area (TPSA) is 115 Å². The number of hydrogen-bond donors (Lipinski definition) is 3. The van der Waals surface area contributed by atoms with Gasteiger partial charge in [0.1, 0.15) is 34.6 Å². The number of rotatable bonds is 7. The predicted molar refractivity (Wildman–Crippen MR) is 123 cm³/mol. The molecule has 1 aliphatic heterocycles. The molecule has 1 unspecified atom stereocenters. The zero-order chi connectivity index (χ0) is 24.2. The van der Waals surface area contributed by atoms with Crippen LogP contribution in [0.1, 0.15) is 22.8 Å². The van der Waals surface area contributed by atoms with Gasteiger partial charge < -0.3 is 24.8 Å². The Kier molecular flexibility index (Phi) is 7.59. The van der Waals surface area contributed by atoms with E-state index in [4.69, 9.17) is 26.4 Å². The van der Waals surface area contributed by atoms with Crippen molar-refractivity contribution in [3.63, 3.8) is 0 Å². The lowest BCUT2D eigenvalue weighted by molar-refractivity contribution is 0.0911. The summed E-state index contributed by atoms with van der Waals surface area (Å²) in [7, 11) is -1.30. The van der Waals surface area contributed by atoms with Crippen LogP contribution in [-0.2, 0) is 16.4 Å². The summed E-state index contributed by atoms with van der Waals surface area (Å²) in [6, 6.07) is 6.06. The van der Waals surface area contributed by atoms with Crippen molar-refractivity contribution in [2.24, 2.45) is 0 Å². The Bertz CT molecular complexity index is 1170. The van der Waals surface area contributed by atoms with E-state index >= 15 is 0 Å². The molecule has 0 saturated carbocycles. The van der Waals surface area contributed by atoms with Gasteiger partial charge in [-0.25, -0.2) is 12.8 Å². The molecular weight excluding hydrogens is 473 g/mol. The van der Waals surface area contributed by atoms with Crippen molar-refractivity contribution in [1.82, 2.24) is 15.4 Å². The maximum Gasteiger partial charge on any atom is 0.267 e. The smallest absolute Gasteiger partial charge is 0.267 e. The van der Waals surface area contributed by atoms with E-state index in [9.17, 15) is 17.6 Å². The van der Waals surface area contributed by atoms with E-state index in [2.05, 4.69) is 15.4 Å². The highest BCUT2D eigenvalue weighted by Gasteiger charge is 2.28. The summed E-state index contributed by atoms with van der Waals surface area (Å²) in [5.74, 6) is -0.355. The predicted octanol–water partition coefficient (Wildman–Crippen LogP) is 1.75. The third-order valence-electron chi connectivity index (χ3n) is 4.85. The molecule has 3 N–H and O–H groups in total. The van der Waals surface area contributed by atoms with Crippen LogP contribution in [0.4, 0.5) is 4.39 Å². The Morgan fingerprint density at radius 2 is 1.94 bits per heavy atom. The van der Waals surface area contributed by atoms with Gasteiger partial charge >= 0.3 is 0 Å². The van der Waals surface area contributed by atoms with Crippen molar-refractivity contribution < 1.29 is 31.8 Å². The van der Waals surface area contributed by atoms with Crippen molar-refractivity contribution in [2.75, 3.05) is 27.4 Å². The average Bonchev–Trinajstić information content (AvgIpc) is 2.77. The Morgan fingerprint density at radius 1 is 1.21 bits per heavy atom. The van der Waals surface area contributed by atoms with E-state index in [-0.39, 0.29) is 40.1 Å². The maximum absolute atomic E-state index is 13.6. The molecule has 0 aromatic heterocycles. The fourth-order valence-corrected chi connectivity index (χ4v) is 4.95. The lowest BCUT2D eigenvalue weighted by atomic mass is 10.0. The third-order valence-corrected chi connectivity index (χ3v) is 6.59. The van der Waals surface area contributed by atoms with Crippen LogP contribution in [0.5, 0.6) is 17.2 Å². The molecule has 0 bridgehead atoms. The molecule has 3 rings (SSSR count). The molecule has 1 atom stereocenters. The number of amides is 1. The molecule has 9 nitrogen and oxygen atoms in total. The number of sulfonamides is 1. The summed E-state index contributed by atoms with van der Waals surface area (Å²) in [5, 5.41) is 5.46. The molecule has 2 aromatic rings. The number of nitrogens with one attached hydrogen (secondary N) is 3. The SMILES string of the molecule is CCNC(=S)NS(=O)(=O)c1cc2c(cc1OC)OCC(NC(=O)c1cc(F)ccc1OC)C2. The number of thiocarbonyl (C=S) groups is 1. The standard InChI is InChI=1S/C21H24FN3O6S2/c1-4-23-21(32)25-33(27,28)19-8-12-7-14(11-31-17(12)10-18(19)30-3)24-20(26)15-9-13(22)5-6-16(15)29-2/h5-6,8-10,14H,4,7,11H2,1-3H3,(H,24,26)(H2,23,25,32). The van der Waals surface area contributed by atoms with Gasteiger partial charge in [0.25, 0.3) is 15.9 Å². The first-order chi connectivity index (χ1) is 15.7. The maximum atomic E-state index is 13.6. The number of fused-ring (bicyclic) bond motifs is 1. The third kappa shape index (κ3) is 5.63. The molecule has 33 heavy (non-hydrogen) atoms. The number of carbonyl (C=O) groups excluding carboxylic acids is 1. The molecule has 0 spiro atoms. The summed E-state index contributed by atoms with van der Waals surface area (Å²) >= 11 is 4.99. The highest BCUT2D eigenvalue weighted by Crippen LogP contribution is 2.35. The Balaban J connectivity index is 1.84. The summed E-state index contributed by atoms with van der Waals surface area (Å²) < 4.78 is 57.7. The summed E-state index contributed by atoms with van der Waals surface area (Å²) in [6.45, 7) is 2.37. The van der Waals surface area contributed by atoms with E-state index in [1.807, 2.05) is 0 Å². The van der Waals surface area contributed by atoms with Gasteiger partial charge in [0.05, 0.1) is 25.8 Å². The molecule has 12 heteroatoms. The first-order valence-electron chi connectivity index (χ1n) is 9.97. The van der Waals surface area contributed by atoms with Crippen LogP contribution < -0.4 is 29.6 Å². The average molecular weight is 498 g/mol. The van der Waals surface area contributed by atoms with Crippen LogP contribution in [-0.4, -0.2) is 52.9 Å². The number of benzene rings is 2. The van der Waals surface area contributed by atoms with Crippen LogP contribution >= 0.6 is 12.2 Å². The van der Waals surface area contributed by atoms with Crippen LogP contribution in [0.15, 0.2) is 35.2 Å². The molecule has 0 saturated heterocycles. The van der Waals surface area contributed by atoms with E-state index < -0.39 is 27.8 Å². The quantitative estimate of drug-likeness (QED) is 0.496. The Morgan fingerprint density at radius 3 is 2.61 bits per heavy atom. The van der Waals surface area contributed by atoms with Gasteiger partial charge in [-0.3, -0.25) is 9.52 Å². The Labute approximate surface area is 196 Å². The molecule has 0 radical (unpaired) electrons.